The Morgan fingerprint density at radius 3 is 2.36 bits per heavy atom. The van der Waals surface area contributed by atoms with E-state index in [0.717, 1.165) is 11.3 Å². The van der Waals surface area contributed by atoms with Crippen molar-refractivity contribution in [2.24, 2.45) is 0 Å². The maximum absolute atomic E-state index is 12.5. The van der Waals surface area contributed by atoms with Gasteiger partial charge in [-0.1, -0.05) is 29.8 Å². The number of rotatable bonds is 3. The molecule has 0 unspecified atom stereocenters. The topological polar surface area (TPSA) is 85.5 Å². The van der Waals surface area contributed by atoms with Crippen molar-refractivity contribution in [2.75, 3.05) is 13.2 Å². The minimum absolute atomic E-state index is 0.208. The summed E-state index contributed by atoms with van der Waals surface area (Å²) in [4.78, 5) is 20.3. The number of aryl methyl sites for hydroxylation is 1. The molecule has 2 heterocycles. The van der Waals surface area contributed by atoms with E-state index >= 15 is 0 Å². The second kappa shape index (κ2) is 7.22. The smallest absolute Gasteiger partial charge is 0.408 e. The molecule has 0 spiro atoms. The van der Waals surface area contributed by atoms with Crippen LogP contribution in [0.2, 0.25) is 0 Å². The van der Waals surface area contributed by atoms with Crippen molar-refractivity contribution < 1.29 is 19.0 Å². The molecule has 7 nitrogen and oxygen atoms in total. The van der Waals surface area contributed by atoms with E-state index in [9.17, 15) is 4.79 Å². The zero-order valence-corrected chi connectivity index (χ0v) is 17.4. The molecule has 1 fully saturated rings. The summed E-state index contributed by atoms with van der Waals surface area (Å²) in [6, 6.07) is 8.13. The molecule has 152 valence electrons. The molecular formula is C21H29N3O4. The monoisotopic (exact) mass is 387 g/mol. The number of hydrogen-bond donors (Lipinski definition) is 2. The number of alkyl carbamates (subject to hydrolysis) is 1. The molecule has 0 bridgehead atoms. The lowest BCUT2D eigenvalue weighted by Gasteiger charge is -2.42. The summed E-state index contributed by atoms with van der Waals surface area (Å²) in [7, 11) is 0. The minimum Gasteiger partial charge on any atom is -0.444 e. The van der Waals surface area contributed by atoms with Crippen molar-refractivity contribution >= 4 is 6.09 Å². The van der Waals surface area contributed by atoms with E-state index in [4.69, 9.17) is 14.2 Å². The van der Waals surface area contributed by atoms with Crippen LogP contribution in [0.15, 0.2) is 30.5 Å². The molecule has 2 N–H and O–H groups in total. The number of imidazole rings is 1. The molecule has 0 saturated carbocycles. The number of benzene rings is 1. The molecule has 2 aromatic rings. The molecular weight excluding hydrogens is 358 g/mol. The van der Waals surface area contributed by atoms with E-state index in [1.165, 1.54) is 5.56 Å². The summed E-state index contributed by atoms with van der Waals surface area (Å²) in [5, 5.41) is 2.91. The van der Waals surface area contributed by atoms with Crippen LogP contribution in [0.4, 0.5) is 4.79 Å². The van der Waals surface area contributed by atoms with Gasteiger partial charge in [0.2, 0.25) is 0 Å². The highest BCUT2D eigenvalue weighted by Crippen LogP contribution is 2.31. The van der Waals surface area contributed by atoms with Crippen LogP contribution in [0.1, 0.15) is 46.0 Å². The fourth-order valence-corrected chi connectivity index (χ4v) is 2.89. The third kappa shape index (κ3) is 4.72. The summed E-state index contributed by atoms with van der Waals surface area (Å²) < 4.78 is 17.1. The zero-order valence-electron chi connectivity index (χ0n) is 17.4. The molecule has 1 aliphatic rings. The van der Waals surface area contributed by atoms with Gasteiger partial charge in [-0.2, -0.15) is 0 Å². The first-order chi connectivity index (χ1) is 13.0. The molecule has 7 heteroatoms. The second-order valence-electron chi connectivity index (χ2n) is 8.70. The van der Waals surface area contributed by atoms with Crippen molar-refractivity contribution in [3.8, 4) is 11.3 Å². The maximum Gasteiger partial charge on any atom is 0.408 e. The van der Waals surface area contributed by atoms with Crippen molar-refractivity contribution in [1.29, 1.82) is 0 Å². The Kier molecular flexibility index (Phi) is 5.25. The van der Waals surface area contributed by atoms with Crippen molar-refractivity contribution in [3.05, 3.63) is 41.9 Å². The lowest BCUT2D eigenvalue weighted by Crippen LogP contribution is -2.59. The quantitative estimate of drug-likeness (QED) is 0.835. The Labute approximate surface area is 165 Å². The van der Waals surface area contributed by atoms with Crippen molar-refractivity contribution in [3.63, 3.8) is 0 Å². The van der Waals surface area contributed by atoms with E-state index < -0.39 is 23.0 Å². The number of aromatic amines is 1. The number of carbonyl (C=O) groups is 1. The summed E-state index contributed by atoms with van der Waals surface area (Å²) in [6.07, 6.45) is 1.20. The molecule has 1 aromatic carbocycles. The lowest BCUT2D eigenvalue weighted by molar-refractivity contribution is -0.273. The SMILES string of the molecule is Cc1ccc(-c2cnc(C3(NC(=O)OC(C)(C)C)COC(C)(C)OC3)[nH]2)cc1. The van der Waals surface area contributed by atoms with Gasteiger partial charge in [-0.25, -0.2) is 9.78 Å². The number of carbonyl (C=O) groups excluding carboxylic acids is 1. The van der Waals surface area contributed by atoms with Gasteiger partial charge in [0.25, 0.3) is 0 Å². The fourth-order valence-electron chi connectivity index (χ4n) is 2.89. The van der Waals surface area contributed by atoms with Gasteiger partial charge in [-0.15, -0.1) is 0 Å². The van der Waals surface area contributed by atoms with E-state index in [1.807, 2.05) is 65.8 Å². The largest absolute Gasteiger partial charge is 0.444 e. The highest BCUT2D eigenvalue weighted by Gasteiger charge is 2.45. The van der Waals surface area contributed by atoms with Crippen LogP contribution >= 0.6 is 0 Å². The van der Waals surface area contributed by atoms with E-state index in [1.54, 1.807) is 6.20 Å². The van der Waals surface area contributed by atoms with Crippen molar-refractivity contribution in [1.82, 2.24) is 15.3 Å². The first kappa shape index (κ1) is 20.4. The molecule has 1 aliphatic heterocycles. The third-order valence-corrected chi connectivity index (χ3v) is 4.46. The predicted octanol–water partition coefficient (Wildman–Crippen LogP) is 3.89. The highest BCUT2D eigenvalue weighted by molar-refractivity contribution is 5.69. The maximum atomic E-state index is 12.5. The molecule has 1 amide bonds. The van der Waals surface area contributed by atoms with Crippen LogP contribution in [0, 0.1) is 6.92 Å². The van der Waals surface area contributed by atoms with Gasteiger partial charge in [0, 0.05) is 0 Å². The summed E-state index contributed by atoms with van der Waals surface area (Å²) in [5.41, 5.74) is 1.46. The Morgan fingerprint density at radius 2 is 1.79 bits per heavy atom. The number of amides is 1. The molecule has 1 saturated heterocycles. The molecule has 0 atom stereocenters. The van der Waals surface area contributed by atoms with Crippen LogP contribution < -0.4 is 5.32 Å². The summed E-state index contributed by atoms with van der Waals surface area (Å²) in [6.45, 7) is 11.6. The number of H-pyrrole nitrogens is 1. The second-order valence-corrected chi connectivity index (χ2v) is 8.70. The van der Waals surface area contributed by atoms with Crippen LogP contribution in [-0.4, -0.2) is 40.7 Å². The Hall–Kier alpha value is -2.38. The van der Waals surface area contributed by atoms with Gasteiger partial charge in [-0.3, -0.25) is 0 Å². The third-order valence-electron chi connectivity index (χ3n) is 4.46. The molecule has 0 aliphatic carbocycles. The molecule has 1 aromatic heterocycles. The molecule has 0 radical (unpaired) electrons. The molecule has 3 rings (SSSR count). The van der Waals surface area contributed by atoms with E-state index in [-0.39, 0.29) is 13.2 Å². The van der Waals surface area contributed by atoms with Gasteiger partial charge in [-0.05, 0) is 47.1 Å². The van der Waals surface area contributed by atoms with Gasteiger partial charge >= 0.3 is 6.09 Å². The van der Waals surface area contributed by atoms with Crippen LogP contribution in [0.5, 0.6) is 0 Å². The Balaban J connectivity index is 1.89. The first-order valence-electron chi connectivity index (χ1n) is 9.40. The Morgan fingerprint density at radius 1 is 1.18 bits per heavy atom. The molecule has 28 heavy (non-hydrogen) atoms. The average molecular weight is 387 g/mol. The average Bonchev–Trinajstić information content (AvgIpc) is 3.07. The van der Waals surface area contributed by atoms with Crippen molar-refractivity contribution in [2.45, 2.75) is 58.5 Å². The fraction of sp³-hybridized carbons (Fsp3) is 0.524. The zero-order chi connectivity index (χ0) is 20.6. The number of nitrogens with zero attached hydrogens (tertiary/aromatic N) is 1. The predicted molar refractivity (Wildman–Crippen MR) is 106 cm³/mol. The van der Waals surface area contributed by atoms with Gasteiger partial charge in [0.1, 0.15) is 17.0 Å². The van der Waals surface area contributed by atoms with Crippen LogP contribution in [0.3, 0.4) is 0 Å². The van der Waals surface area contributed by atoms with E-state index in [2.05, 4.69) is 15.3 Å². The van der Waals surface area contributed by atoms with Gasteiger partial charge in [0.05, 0.1) is 25.1 Å². The minimum atomic E-state index is -0.971. The summed E-state index contributed by atoms with van der Waals surface area (Å²) in [5.74, 6) is -0.171. The van der Waals surface area contributed by atoms with Crippen LogP contribution in [0.25, 0.3) is 11.3 Å². The highest BCUT2D eigenvalue weighted by atomic mass is 16.7. The number of ether oxygens (including phenoxy) is 3. The standard InChI is InChI=1S/C21H29N3O4/c1-14-7-9-15(10-8-14)16-11-22-17(23-16)21(12-26-20(5,6)27-13-21)24-18(25)28-19(2,3)4/h7-11H,12-13H2,1-6H3,(H,22,23)(H,24,25). The van der Waals surface area contributed by atoms with Crippen LogP contribution in [-0.2, 0) is 19.7 Å². The van der Waals surface area contributed by atoms with E-state index in [0.29, 0.717) is 5.82 Å². The normalized spacial score (nSPS) is 18.5. The lowest BCUT2D eigenvalue weighted by atomic mass is 9.99. The Bertz CT molecular complexity index is 824. The van der Waals surface area contributed by atoms with Gasteiger partial charge in [0.15, 0.2) is 5.79 Å². The number of hydrogen-bond acceptors (Lipinski definition) is 5. The first-order valence-corrected chi connectivity index (χ1v) is 9.40. The number of nitrogens with one attached hydrogen (secondary N) is 2. The number of aromatic nitrogens is 2. The van der Waals surface area contributed by atoms with Gasteiger partial charge < -0.3 is 24.5 Å². The summed E-state index contributed by atoms with van der Waals surface area (Å²) >= 11 is 0.